The van der Waals surface area contributed by atoms with Crippen LogP contribution in [0.3, 0.4) is 0 Å². The van der Waals surface area contributed by atoms with E-state index in [0.29, 0.717) is 0 Å². The predicted octanol–water partition coefficient (Wildman–Crippen LogP) is 18.9. The predicted molar refractivity (Wildman–Crippen MR) is 298 cm³/mol. The molecule has 0 saturated carbocycles. The quantitative estimate of drug-likeness (QED) is 0.165. The molecule has 0 radical (unpaired) electrons. The first-order chi connectivity index (χ1) is 35.8. The van der Waals surface area contributed by atoms with Crippen LogP contribution in [-0.4, -0.2) is 0 Å². The molecule has 3 heterocycles. The van der Waals surface area contributed by atoms with E-state index < -0.39 is 5.41 Å². The van der Waals surface area contributed by atoms with Gasteiger partial charge in [-0.15, -0.1) is 0 Å². The summed E-state index contributed by atoms with van der Waals surface area (Å²) in [5.74, 6) is 0. The van der Waals surface area contributed by atoms with Crippen molar-refractivity contribution in [1.82, 2.24) is 0 Å². The van der Waals surface area contributed by atoms with E-state index in [1.54, 1.807) is 0 Å². The normalized spacial score (nSPS) is 13.4. The summed E-state index contributed by atoms with van der Waals surface area (Å²) in [7, 11) is 0. The first-order valence-electron chi connectivity index (χ1n) is 24.8. The lowest BCUT2D eigenvalue weighted by atomic mass is 9.64. The highest BCUT2D eigenvalue weighted by molar-refractivity contribution is 6.25. The van der Waals surface area contributed by atoms with Crippen molar-refractivity contribution in [2.45, 2.75) is 5.41 Å². The highest BCUT2D eigenvalue weighted by Crippen LogP contribution is 2.65. The third-order valence-corrected chi connectivity index (χ3v) is 15.9. The van der Waals surface area contributed by atoms with Crippen molar-refractivity contribution in [3.63, 3.8) is 0 Å². The van der Waals surface area contributed by atoms with Gasteiger partial charge in [-0.1, -0.05) is 200 Å². The van der Waals surface area contributed by atoms with Crippen molar-refractivity contribution < 1.29 is 8.83 Å². The molecular formula is C69H41NO2. The molecule has 0 unspecified atom stereocenters. The summed E-state index contributed by atoms with van der Waals surface area (Å²) in [6.45, 7) is 0. The second-order valence-electron chi connectivity index (χ2n) is 19.3. The fourth-order valence-corrected chi connectivity index (χ4v) is 13.1. The van der Waals surface area contributed by atoms with E-state index in [0.717, 1.165) is 83.1 Å². The Labute approximate surface area is 415 Å². The molecule has 3 heteroatoms. The molecule has 1 spiro atoms. The van der Waals surface area contributed by atoms with Gasteiger partial charge in [0, 0.05) is 32.8 Å². The molecule has 0 atom stereocenters. The number of nitrogens with zero attached hydrogens (tertiary/aromatic N) is 1. The summed E-state index contributed by atoms with van der Waals surface area (Å²) in [5.41, 5.74) is 21.0. The van der Waals surface area contributed by atoms with Crippen LogP contribution in [0.4, 0.5) is 17.1 Å². The van der Waals surface area contributed by atoms with Crippen LogP contribution in [-0.2, 0) is 5.41 Å². The number of fused-ring (bicyclic) bond motifs is 17. The van der Waals surface area contributed by atoms with Crippen molar-refractivity contribution in [3.05, 3.63) is 271 Å². The third-order valence-electron chi connectivity index (χ3n) is 15.9. The summed E-state index contributed by atoms with van der Waals surface area (Å²) >= 11 is 0. The van der Waals surface area contributed by atoms with E-state index in [2.05, 4.69) is 254 Å². The topological polar surface area (TPSA) is 29.5 Å². The van der Waals surface area contributed by atoms with Gasteiger partial charge in [0.1, 0.15) is 22.3 Å². The first kappa shape index (κ1) is 39.4. The highest BCUT2D eigenvalue weighted by atomic mass is 16.3. The average Bonchev–Trinajstić information content (AvgIpc) is 4.12. The first-order valence-corrected chi connectivity index (χ1v) is 24.8. The number of anilines is 3. The van der Waals surface area contributed by atoms with Gasteiger partial charge in [-0.25, -0.2) is 0 Å². The summed E-state index contributed by atoms with van der Waals surface area (Å²) in [4.78, 5) is 2.55. The van der Waals surface area contributed by atoms with Crippen LogP contribution >= 0.6 is 0 Å². The molecule has 16 rings (SSSR count). The van der Waals surface area contributed by atoms with Gasteiger partial charge in [-0.2, -0.15) is 0 Å². The Hall–Kier alpha value is -9.44. The van der Waals surface area contributed by atoms with E-state index in [1.165, 1.54) is 66.2 Å². The van der Waals surface area contributed by atoms with Crippen molar-refractivity contribution in [3.8, 4) is 44.5 Å². The Bertz CT molecular complexity index is 4380. The Morgan fingerprint density at radius 3 is 1.31 bits per heavy atom. The number of rotatable bonds is 4. The van der Waals surface area contributed by atoms with Crippen molar-refractivity contribution in [1.29, 1.82) is 0 Å². The minimum absolute atomic E-state index is 0.604. The molecule has 0 N–H and O–H groups in total. The second-order valence-corrected chi connectivity index (χ2v) is 19.3. The number of furan rings is 2. The molecule has 1 aliphatic carbocycles. The van der Waals surface area contributed by atoms with Gasteiger partial charge in [-0.05, 0) is 131 Å². The van der Waals surface area contributed by atoms with E-state index in [-0.39, 0.29) is 0 Å². The summed E-state index contributed by atoms with van der Waals surface area (Å²) < 4.78 is 13.1. The average molecular weight is 916 g/mol. The summed E-state index contributed by atoms with van der Waals surface area (Å²) in [5, 5.41) is 9.14. The van der Waals surface area contributed by atoms with Crippen molar-refractivity contribution >= 4 is 82.5 Å². The maximum atomic E-state index is 6.56. The zero-order valence-electron chi connectivity index (χ0n) is 38.9. The lowest BCUT2D eigenvalue weighted by molar-refractivity contribution is 0.668. The standard InChI is InChI=1S/C69H41NO2/c1-2-19-42(20-3-1)70-60-36-11-10-34-58(60)69(56-32-8-4-21-45(56)46-22-5-9-33-57(46)69)59-35-16-31-53(68(59)70)65-49-27-14-25-43(47-29-17-39-63-66(47)51-23-6-12-37-61(51)71-63)54(49)41-55-44(26-15-28-50(55)65)48-30-18-40-64-67(48)52-24-7-13-38-62(52)72-64/h1-41H. The molecule has 14 aromatic rings. The Morgan fingerprint density at radius 1 is 0.278 bits per heavy atom. The van der Waals surface area contributed by atoms with Gasteiger partial charge in [0.25, 0.3) is 0 Å². The fourth-order valence-electron chi connectivity index (χ4n) is 13.1. The Morgan fingerprint density at radius 2 is 0.694 bits per heavy atom. The van der Waals surface area contributed by atoms with Crippen LogP contribution in [0.1, 0.15) is 22.3 Å². The van der Waals surface area contributed by atoms with Gasteiger partial charge in [0.05, 0.1) is 16.8 Å². The summed E-state index contributed by atoms with van der Waals surface area (Å²) in [6.07, 6.45) is 0. The molecule has 2 aromatic heterocycles. The molecule has 0 amide bonds. The van der Waals surface area contributed by atoms with Crippen LogP contribution in [0.25, 0.3) is 110 Å². The largest absolute Gasteiger partial charge is 0.456 e. The maximum absolute atomic E-state index is 6.56. The molecule has 0 fully saturated rings. The minimum Gasteiger partial charge on any atom is -0.456 e. The van der Waals surface area contributed by atoms with Crippen LogP contribution in [0.2, 0.25) is 0 Å². The van der Waals surface area contributed by atoms with Gasteiger partial charge in [-0.3, -0.25) is 0 Å². The van der Waals surface area contributed by atoms with Crippen molar-refractivity contribution in [2.75, 3.05) is 4.90 Å². The van der Waals surface area contributed by atoms with E-state index in [1.807, 2.05) is 0 Å². The van der Waals surface area contributed by atoms with E-state index in [9.17, 15) is 0 Å². The molecule has 334 valence electrons. The van der Waals surface area contributed by atoms with Crippen LogP contribution in [0.5, 0.6) is 0 Å². The molecule has 1 aliphatic heterocycles. The zero-order chi connectivity index (χ0) is 47.1. The SMILES string of the molecule is c1ccc(N2c3ccccc3C3(c4ccccc4-c4ccccc43)c3cccc(-c4c5cccc(-c6cccc7oc8ccccc8c67)c5cc5c(-c6cccc7oc8ccccc8c67)cccc45)c32)cc1. The Balaban J connectivity index is 1.09. The number of hydrogen-bond donors (Lipinski definition) is 0. The number of benzene rings is 12. The molecule has 12 aromatic carbocycles. The molecule has 0 saturated heterocycles. The maximum Gasteiger partial charge on any atom is 0.136 e. The molecule has 72 heavy (non-hydrogen) atoms. The van der Waals surface area contributed by atoms with Gasteiger partial charge in [0.2, 0.25) is 0 Å². The van der Waals surface area contributed by atoms with Crippen molar-refractivity contribution in [2.24, 2.45) is 0 Å². The van der Waals surface area contributed by atoms with Crippen LogP contribution < -0.4 is 4.90 Å². The molecule has 2 aliphatic rings. The van der Waals surface area contributed by atoms with Gasteiger partial charge >= 0.3 is 0 Å². The molecular weight excluding hydrogens is 875 g/mol. The minimum atomic E-state index is -0.604. The fraction of sp³-hybridized carbons (Fsp3) is 0.0145. The monoisotopic (exact) mass is 915 g/mol. The van der Waals surface area contributed by atoms with Crippen LogP contribution in [0.15, 0.2) is 258 Å². The van der Waals surface area contributed by atoms with E-state index in [4.69, 9.17) is 8.83 Å². The third kappa shape index (κ3) is 5.18. The van der Waals surface area contributed by atoms with Gasteiger partial charge < -0.3 is 13.7 Å². The van der Waals surface area contributed by atoms with E-state index >= 15 is 0 Å². The zero-order valence-corrected chi connectivity index (χ0v) is 38.9. The Kier molecular flexibility index (Phi) is 8.09. The summed E-state index contributed by atoms with van der Waals surface area (Å²) in [6, 6.07) is 91.5. The second kappa shape index (κ2) is 14.8. The molecule has 0 bridgehead atoms. The highest BCUT2D eigenvalue weighted by Gasteiger charge is 2.52. The van der Waals surface area contributed by atoms with Crippen LogP contribution in [0, 0.1) is 0 Å². The number of para-hydroxylation sites is 5. The van der Waals surface area contributed by atoms with Gasteiger partial charge in [0.15, 0.2) is 0 Å². The smallest absolute Gasteiger partial charge is 0.136 e. The lowest BCUT2D eigenvalue weighted by Crippen LogP contribution is -2.36. The molecule has 3 nitrogen and oxygen atoms in total. The number of hydrogen-bond acceptors (Lipinski definition) is 3. The lowest BCUT2D eigenvalue weighted by Gasteiger charge is -2.46.